The minimum absolute atomic E-state index is 0.0645. The van der Waals surface area contributed by atoms with Crippen LogP contribution < -0.4 is 0 Å². The first-order valence-electron chi connectivity index (χ1n) is 5.65. The van der Waals surface area contributed by atoms with E-state index in [0.29, 0.717) is 11.5 Å². The third-order valence-corrected chi connectivity index (χ3v) is 4.69. The second-order valence-electron chi connectivity index (χ2n) is 4.42. The van der Waals surface area contributed by atoms with E-state index < -0.39 is 9.84 Å². The largest absolute Gasteiger partial charge is 0.293 e. The van der Waals surface area contributed by atoms with Gasteiger partial charge in [-0.15, -0.1) is 0 Å². The Labute approximate surface area is 113 Å². The predicted octanol–water partition coefficient (Wildman–Crippen LogP) is 2.26. The highest BCUT2D eigenvalue weighted by atomic mass is 32.2. The van der Waals surface area contributed by atoms with Gasteiger partial charge in [-0.3, -0.25) is 4.79 Å². The monoisotopic (exact) mass is 286 g/mol. The maximum Gasteiger partial charge on any atom is 0.172 e. The van der Waals surface area contributed by atoms with E-state index in [1.807, 2.05) is 32.0 Å². The number of benzene rings is 1. The summed E-state index contributed by atoms with van der Waals surface area (Å²) in [5, 5.41) is 0. The number of carbonyl (C=O) groups excluding carboxylic acids is 1. The van der Waals surface area contributed by atoms with E-state index in [0.717, 1.165) is 16.7 Å². The summed E-state index contributed by atoms with van der Waals surface area (Å²) in [5.41, 5.74) is 2.77. The van der Waals surface area contributed by atoms with Gasteiger partial charge in [-0.25, -0.2) is 8.42 Å². The van der Waals surface area contributed by atoms with E-state index in [2.05, 4.69) is 0 Å². The van der Waals surface area contributed by atoms with Crippen molar-refractivity contribution in [1.82, 2.24) is 0 Å². The molecule has 0 atom stereocenters. The maximum atomic E-state index is 12.0. The topological polar surface area (TPSA) is 51.2 Å². The van der Waals surface area contributed by atoms with E-state index >= 15 is 0 Å². The number of hydrogen-bond acceptors (Lipinski definition) is 4. The molecule has 0 aliphatic rings. The van der Waals surface area contributed by atoms with Crippen LogP contribution in [0.4, 0.5) is 0 Å². The smallest absolute Gasteiger partial charge is 0.172 e. The number of aryl methyl sites for hydroxylation is 2. The molecular weight excluding hydrogens is 268 g/mol. The Bertz CT molecular complexity index is 533. The lowest BCUT2D eigenvalue weighted by Gasteiger charge is -2.06. The summed E-state index contributed by atoms with van der Waals surface area (Å²) < 4.78 is 21.9. The van der Waals surface area contributed by atoms with E-state index in [4.69, 9.17) is 0 Å². The Morgan fingerprint density at radius 1 is 1.28 bits per heavy atom. The highest BCUT2D eigenvalue weighted by Gasteiger charge is 2.10. The van der Waals surface area contributed by atoms with Crippen molar-refractivity contribution in [3.05, 3.63) is 34.9 Å². The van der Waals surface area contributed by atoms with Crippen LogP contribution in [-0.2, 0) is 9.84 Å². The summed E-state index contributed by atoms with van der Waals surface area (Å²) in [5.74, 6) is 0.988. The fourth-order valence-electron chi connectivity index (χ4n) is 1.49. The molecule has 0 spiro atoms. The van der Waals surface area contributed by atoms with E-state index in [9.17, 15) is 13.2 Å². The molecule has 0 fully saturated rings. The molecule has 1 rings (SSSR count). The summed E-state index contributed by atoms with van der Waals surface area (Å²) in [6, 6.07) is 5.79. The van der Waals surface area contributed by atoms with Crippen LogP contribution in [0.5, 0.6) is 0 Å². The van der Waals surface area contributed by atoms with E-state index in [1.165, 1.54) is 18.0 Å². The standard InChI is InChI=1S/C13H18O3S2/c1-10-4-5-11(2)12(8-10)13(14)9-17-6-7-18(3,15)16/h4-5,8H,6-7,9H2,1-3H3. The summed E-state index contributed by atoms with van der Waals surface area (Å²) in [6.07, 6.45) is 1.21. The average Bonchev–Trinajstić information content (AvgIpc) is 2.26. The molecule has 18 heavy (non-hydrogen) atoms. The highest BCUT2D eigenvalue weighted by molar-refractivity contribution is 8.01. The SMILES string of the molecule is Cc1ccc(C)c(C(=O)CSCCS(C)(=O)=O)c1. The van der Waals surface area contributed by atoms with Crippen molar-refractivity contribution in [2.45, 2.75) is 13.8 Å². The molecular formula is C13H18O3S2. The van der Waals surface area contributed by atoms with E-state index in [-0.39, 0.29) is 11.5 Å². The quantitative estimate of drug-likeness (QED) is 0.594. The zero-order valence-electron chi connectivity index (χ0n) is 10.9. The minimum Gasteiger partial charge on any atom is -0.293 e. The lowest BCUT2D eigenvalue weighted by Crippen LogP contribution is -2.09. The number of Topliss-reactive ketones (excluding diaryl/α,β-unsaturated/α-hetero) is 1. The zero-order valence-corrected chi connectivity index (χ0v) is 12.5. The molecule has 0 amide bonds. The van der Waals surface area contributed by atoms with Crippen molar-refractivity contribution in [2.24, 2.45) is 0 Å². The van der Waals surface area contributed by atoms with Gasteiger partial charge in [0.15, 0.2) is 5.78 Å². The molecule has 0 heterocycles. The second kappa shape index (κ2) is 6.38. The van der Waals surface area contributed by atoms with Crippen LogP contribution in [-0.4, -0.2) is 37.7 Å². The van der Waals surface area contributed by atoms with Crippen LogP contribution in [0.1, 0.15) is 21.5 Å². The Hall–Kier alpha value is -0.810. The van der Waals surface area contributed by atoms with Gasteiger partial charge in [-0.05, 0) is 25.5 Å². The van der Waals surface area contributed by atoms with Crippen molar-refractivity contribution in [3.63, 3.8) is 0 Å². The maximum absolute atomic E-state index is 12.0. The first kappa shape index (κ1) is 15.2. The molecule has 1 aromatic rings. The van der Waals surface area contributed by atoms with Gasteiger partial charge in [0.25, 0.3) is 0 Å². The Kier molecular flexibility index (Phi) is 5.41. The van der Waals surface area contributed by atoms with E-state index in [1.54, 1.807) is 0 Å². The van der Waals surface area contributed by atoms with Crippen LogP contribution in [0.15, 0.2) is 18.2 Å². The molecule has 3 nitrogen and oxygen atoms in total. The fourth-order valence-corrected chi connectivity index (χ4v) is 3.66. The summed E-state index contributed by atoms with van der Waals surface area (Å²) in [4.78, 5) is 12.0. The lowest BCUT2D eigenvalue weighted by atomic mass is 10.0. The van der Waals surface area contributed by atoms with Crippen LogP contribution >= 0.6 is 11.8 Å². The molecule has 1 aromatic carbocycles. The number of sulfone groups is 1. The third-order valence-electron chi connectivity index (χ3n) is 2.53. The molecule has 0 aromatic heterocycles. The van der Waals surface area contributed by atoms with Crippen LogP contribution in [0, 0.1) is 13.8 Å². The molecule has 0 saturated heterocycles. The van der Waals surface area contributed by atoms with Gasteiger partial charge in [-0.1, -0.05) is 17.7 Å². The summed E-state index contributed by atoms with van der Waals surface area (Å²) in [6.45, 7) is 3.86. The predicted molar refractivity (Wildman–Crippen MR) is 77.3 cm³/mol. The third kappa shape index (κ3) is 5.23. The average molecular weight is 286 g/mol. The van der Waals surface area contributed by atoms with Crippen LogP contribution in [0.3, 0.4) is 0 Å². The molecule has 5 heteroatoms. The van der Waals surface area contributed by atoms with Gasteiger partial charge in [0.1, 0.15) is 9.84 Å². The van der Waals surface area contributed by atoms with Crippen LogP contribution in [0.2, 0.25) is 0 Å². The molecule has 0 saturated carbocycles. The van der Waals surface area contributed by atoms with Crippen molar-refractivity contribution in [2.75, 3.05) is 23.5 Å². The zero-order chi connectivity index (χ0) is 13.8. The molecule has 0 radical (unpaired) electrons. The van der Waals surface area contributed by atoms with Crippen molar-refractivity contribution >= 4 is 27.4 Å². The molecule has 0 unspecified atom stereocenters. The molecule has 0 bridgehead atoms. The van der Waals surface area contributed by atoms with Gasteiger partial charge >= 0.3 is 0 Å². The van der Waals surface area contributed by atoms with Gasteiger partial charge in [-0.2, -0.15) is 11.8 Å². The molecule has 100 valence electrons. The second-order valence-corrected chi connectivity index (χ2v) is 7.79. The minimum atomic E-state index is -2.93. The van der Waals surface area contributed by atoms with Gasteiger partial charge in [0.05, 0.1) is 11.5 Å². The normalized spacial score (nSPS) is 11.5. The summed E-state index contributed by atoms with van der Waals surface area (Å²) >= 11 is 1.37. The molecule has 0 N–H and O–H groups in total. The van der Waals surface area contributed by atoms with Gasteiger partial charge in [0.2, 0.25) is 0 Å². The first-order chi connectivity index (χ1) is 8.29. The number of rotatable bonds is 6. The highest BCUT2D eigenvalue weighted by Crippen LogP contribution is 2.14. The van der Waals surface area contributed by atoms with Crippen LogP contribution in [0.25, 0.3) is 0 Å². The number of hydrogen-bond donors (Lipinski definition) is 0. The number of carbonyl (C=O) groups is 1. The molecule has 0 aliphatic carbocycles. The Morgan fingerprint density at radius 2 is 1.94 bits per heavy atom. The van der Waals surface area contributed by atoms with Gasteiger partial charge < -0.3 is 0 Å². The lowest BCUT2D eigenvalue weighted by molar-refractivity contribution is 0.102. The molecule has 0 aliphatic heterocycles. The van der Waals surface area contributed by atoms with Crippen molar-refractivity contribution in [1.29, 1.82) is 0 Å². The Morgan fingerprint density at radius 3 is 2.56 bits per heavy atom. The van der Waals surface area contributed by atoms with Crippen molar-refractivity contribution in [3.8, 4) is 0 Å². The van der Waals surface area contributed by atoms with Crippen molar-refractivity contribution < 1.29 is 13.2 Å². The number of ketones is 1. The Balaban J connectivity index is 2.53. The summed E-state index contributed by atoms with van der Waals surface area (Å²) in [7, 11) is -2.93. The van der Waals surface area contributed by atoms with Gasteiger partial charge in [0, 0.05) is 17.6 Å². The fraction of sp³-hybridized carbons (Fsp3) is 0.462. The number of thioether (sulfide) groups is 1. The first-order valence-corrected chi connectivity index (χ1v) is 8.87.